The predicted molar refractivity (Wildman–Crippen MR) is 109 cm³/mol. The van der Waals surface area contributed by atoms with Gasteiger partial charge in [-0.25, -0.2) is 0 Å². The predicted octanol–water partition coefficient (Wildman–Crippen LogP) is 6.10. The lowest BCUT2D eigenvalue weighted by Gasteiger charge is -2.30. The minimum Gasteiger partial charge on any atom is -0.481 e. The first-order valence-electron chi connectivity index (χ1n) is 9.79. The molecule has 1 aromatic rings. The number of hydrogen-bond donors (Lipinski definition) is 1. The Bertz CT molecular complexity index is 534. The number of thioether (sulfide) groups is 2. The molecule has 1 N–H and O–H groups in total. The molecule has 3 rings (SSSR count). The van der Waals surface area contributed by atoms with E-state index in [0.29, 0.717) is 6.42 Å². The van der Waals surface area contributed by atoms with Crippen molar-refractivity contribution in [1.82, 2.24) is 0 Å². The molecule has 0 radical (unpaired) electrons. The zero-order valence-corrected chi connectivity index (χ0v) is 16.6. The Morgan fingerprint density at radius 1 is 1.00 bits per heavy atom. The lowest BCUT2D eigenvalue weighted by Crippen LogP contribution is -2.27. The van der Waals surface area contributed by atoms with Gasteiger partial charge in [0.1, 0.15) is 0 Å². The van der Waals surface area contributed by atoms with Gasteiger partial charge in [0.05, 0.1) is 0 Å². The monoisotopic (exact) mass is 378 g/mol. The zero-order chi connectivity index (χ0) is 17.5. The summed E-state index contributed by atoms with van der Waals surface area (Å²) in [7, 11) is 0. The highest BCUT2D eigenvalue weighted by Gasteiger charge is 2.47. The van der Waals surface area contributed by atoms with Crippen LogP contribution in [-0.2, 0) is 4.79 Å². The summed E-state index contributed by atoms with van der Waals surface area (Å²) in [5, 5.41) is 10.5. The molecule has 2 heterocycles. The number of carboxylic acid groups (broad SMARTS) is 1. The summed E-state index contributed by atoms with van der Waals surface area (Å²) in [4.78, 5) is 12.0. The second-order valence-corrected chi connectivity index (χ2v) is 10.1. The largest absolute Gasteiger partial charge is 0.481 e. The third-order valence-electron chi connectivity index (χ3n) is 5.73. The molecule has 1 aromatic carbocycles. The number of aliphatic carboxylic acids is 1. The fourth-order valence-corrected chi connectivity index (χ4v) is 7.56. The van der Waals surface area contributed by atoms with Gasteiger partial charge in [-0.15, -0.1) is 11.8 Å². The first-order valence-corrected chi connectivity index (χ1v) is 11.7. The normalized spacial score (nSPS) is 27.7. The maximum atomic E-state index is 10.6. The molecule has 2 nitrogen and oxygen atoms in total. The number of benzene rings is 1. The van der Waals surface area contributed by atoms with Gasteiger partial charge in [0.2, 0.25) is 0 Å². The molecule has 0 unspecified atom stereocenters. The summed E-state index contributed by atoms with van der Waals surface area (Å²) in [6.45, 7) is 0. The summed E-state index contributed by atoms with van der Waals surface area (Å²) >= 11 is 4.29. The SMILES string of the molecule is O=C(O)CCCCCC[C@H]1[C@@H](CCSc2ccccc2)[C@H]2CC[C@@H]1S2. The van der Waals surface area contributed by atoms with E-state index in [1.54, 1.807) is 0 Å². The molecule has 0 aliphatic carbocycles. The standard InChI is InChI=1S/C21H30O2S2/c22-21(23)11-7-2-1-6-10-17-18(20-13-12-19(17)25-20)14-15-24-16-8-4-3-5-9-16/h3-5,8-9,17-20H,1-2,6-7,10-15H2,(H,22,23)/t17-,18+,19-,20+/m0/s1. The number of fused-ring (bicyclic) bond motifs is 2. The molecule has 0 spiro atoms. The van der Waals surface area contributed by atoms with E-state index in [2.05, 4.69) is 42.1 Å². The Hall–Kier alpha value is -0.610. The molecule has 4 heteroatoms. The fraction of sp³-hybridized carbons (Fsp3) is 0.667. The number of unbranched alkanes of at least 4 members (excludes halogenated alkanes) is 3. The summed E-state index contributed by atoms with van der Waals surface area (Å²) in [6, 6.07) is 10.8. The topological polar surface area (TPSA) is 37.3 Å². The number of hydrogen-bond acceptors (Lipinski definition) is 3. The average molecular weight is 379 g/mol. The Morgan fingerprint density at radius 2 is 1.68 bits per heavy atom. The van der Waals surface area contributed by atoms with Gasteiger partial charge in [-0.3, -0.25) is 4.79 Å². The van der Waals surface area contributed by atoms with Crippen LogP contribution in [0, 0.1) is 11.8 Å². The van der Waals surface area contributed by atoms with E-state index in [0.717, 1.165) is 35.2 Å². The summed E-state index contributed by atoms with van der Waals surface area (Å²) in [5.41, 5.74) is 0. The summed E-state index contributed by atoms with van der Waals surface area (Å²) in [6.07, 6.45) is 10.3. The highest BCUT2D eigenvalue weighted by molar-refractivity contribution is 8.01. The van der Waals surface area contributed by atoms with E-state index in [-0.39, 0.29) is 0 Å². The van der Waals surface area contributed by atoms with Gasteiger partial charge >= 0.3 is 5.97 Å². The first kappa shape index (κ1) is 19.2. The summed E-state index contributed by atoms with van der Waals surface area (Å²) < 4.78 is 0. The molecular formula is C21H30O2S2. The van der Waals surface area contributed by atoms with Crippen molar-refractivity contribution in [2.45, 2.75) is 73.2 Å². The lowest BCUT2D eigenvalue weighted by atomic mass is 9.75. The van der Waals surface area contributed by atoms with Crippen LogP contribution < -0.4 is 0 Å². The van der Waals surface area contributed by atoms with Crippen LogP contribution in [0.5, 0.6) is 0 Å². The van der Waals surface area contributed by atoms with Crippen molar-refractivity contribution in [3.63, 3.8) is 0 Å². The molecule has 2 bridgehead atoms. The Labute approximate surface area is 160 Å². The van der Waals surface area contributed by atoms with Gasteiger partial charge in [-0.2, -0.15) is 11.8 Å². The third kappa shape index (κ3) is 5.68. The van der Waals surface area contributed by atoms with Crippen molar-refractivity contribution < 1.29 is 9.90 Å². The average Bonchev–Trinajstić information content (AvgIpc) is 3.21. The fourth-order valence-electron chi connectivity index (χ4n) is 4.51. The van der Waals surface area contributed by atoms with Crippen LogP contribution in [0.2, 0.25) is 0 Å². The van der Waals surface area contributed by atoms with Gasteiger partial charge in [-0.1, -0.05) is 37.5 Å². The van der Waals surface area contributed by atoms with Crippen molar-refractivity contribution >= 4 is 29.5 Å². The van der Waals surface area contributed by atoms with Crippen LogP contribution in [0.25, 0.3) is 0 Å². The van der Waals surface area contributed by atoms with E-state index in [4.69, 9.17) is 5.11 Å². The molecule has 0 amide bonds. The molecule has 25 heavy (non-hydrogen) atoms. The molecule has 2 fully saturated rings. The van der Waals surface area contributed by atoms with E-state index < -0.39 is 5.97 Å². The van der Waals surface area contributed by atoms with Gasteiger partial charge < -0.3 is 5.11 Å². The van der Waals surface area contributed by atoms with Crippen molar-refractivity contribution in [3.8, 4) is 0 Å². The lowest BCUT2D eigenvalue weighted by molar-refractivity contribution is -0.137. The van der Waals surface area contributed by atoms with Crippen LogP contribution in [0.15, 0.2) is 35.2 Å². The first-order chi connectivity index (χ1) is 12.2. The van der Waals surface area contributed by atoms with Crippen LogP contribution in [0.4, 0.5) is 0 Å². The maximum Gasteiger partial charge on any atom is 0.303 e. The Balaban J connectivity index is 1.38. The van der Waals surface area contributed by atoms with Gasteiger partial charge in [0.15, 0.2) is 0 Å². The smallest absolute Gasteiger partial charge is 0.303 e. The molecule has 0 saturated carbocycles. The van der Waals surface area contributed by atoms with E-state index >= 15 is 0 Å². The van der Waals surface area contributed by atoms with Crippen molar-refractivity contribution in [1.29, 1.82) is 0 Å². The maximum absolute atomic E-state index is 10.6. The molecule has 0 aromatic heterocycles. The minimum absolute atomic E-state index is 0.337. The Morgan fingerprint density at radius 3 is 2.40 bits per heavy atom. The molecule has 138 valence electrons. The van der Waals surface area contributed by atoms with Gasteiger partial charge in [-0.05, 0) is 61.8 Å². The van der Waals surface area contributed by atoms with E-state index in [9.17, 15) is 4.79 Å². The molecule has 2 saturated heterocycles. The van der Waals surface area contributed by atoms with Crippen molar-refractivity contribution in [3.05, 3.63) is 30.3 Å². The summed E-state index contributed by atoms with van der Waals surface area (Å²) in [5.74, 6) is 2.42. The highest BCUT2D eigenvalue weighted by Crippen LogP contribution is 2.55. The third-order valence-corrected chi connectivity index (χ3v) is 8.65. The van der Waals surface area contributed by atoms with Gasteiger partial charge in [0, 0.05) is 21.8 Å². The van der Waals surface area contributed by atoms with Crippen molar-refractivity contribution in [2.75, 3.05) is 5.75 Å². The van der Waals surface area contributed by atoms with Crippen LogP contribution in [0.3, 0.4) is 0 Å². The van der Waals surface area contributed by atoms with Crippen LogP contribution in [0.1, 0.15) is 57.8 Å². The second kappa shape index (κ2) is 9.91. The van der Waals surface area contributed by atoms with Crippen LogP contribution >= 0.6 is 23.5 Å². The van der Waals surface area contributed by atoms with Crippen molar-refractivity contribution in [2.24, 2.45) is 11.8 Å². The van der Waals surface area contributed by atoms with Gasteiger partial charge in [0.25, 0.3) is 0 Å². The van der Waals surface area contributed by atoms with E-state index in [1.807, 2.05) is 11.8 Å². The van der Waals surface area contributed by atoms with Crippen LogP contribution in [-0.4, -0.2) is 27.3 Å². The molecule has 2 aliphatic rings. The molecular weight excluding hydrogens is 348 g/mol. The quantitative estimate of drug-likeness (QED) is 0.373. The van der Waals surface area contributed by atoms with E-state index in [1.165, 1.54) is 49.2 Å². The molecule has 4 atom stereocenters. The highest BCUT2D eigenvalue weighted by atomic mass is 32.2. The molecule has 2 aliphatic heterocycles. The number of rotatable bonds is 11. The minimum atomic E-state index is -0.652. The number of carbonyl (C=O) groups is 1. The zero-order valence-electron chi connectivity index (χ0n) is 14.9. The number of carboxylic acids is 1. The Kier molecular flexibility index (Phi) is 7.60. The second-order valence-electron chi connectivity index (χ2n) is 7.41.